The fraction of sp³-hybridized carbons (Fsp3) is 0.423. The number of hydrogen-bond acceptors (Lipinski definition) is 5. The standard InChI is InChI=1S/C26H37N3O3/c1-2-3-4-5-6-7-8-9-10-11-12-13-14-15-16-17-18-19-25(30)32-26(31)24(27)20-23-21-28-22-29-23/h3-4,6-7,9-10,12-13,15-16,21-22,24H,2,5,8,11,14,17-20,27H2,1H3,(H,28,29)/b4-3-,7-6-,10-9-,13-12-,16-15-. The average Bonchev–Trinajstić information content (AvgIpc) is 3.29. The van der Waals surface area contributed by atoms with Crippen molar-refractivity contribution in [2.24, 2.45) is 5.73 Å². The lowest BCUT2D eigenvalue weighted by molar-refractivity contribution is -0.160. The Hall–Kier alpha value is -2.99. The Morgan fingerprint density at radius 2 is 1.53 bits per heavy atom. The molecule has 0 saturated heterocycles. The average molecular weight is 440 g/mol. The lowest BCUT2D eigenvalue weighted by Gasteiger charge is -2.08. The number of ether oxygens (including phenoxy) is 1. The third-order valence-electron chi connectivity index (χ3n) is 4.42. The number of unbranched alkanes of at least 4 members (excludes halogenated alkanes) is 1. The van der Waals surface area contributed by atoms with Crippen LogP contribution < -0.4 is 5.73 Å². The molecule has 0 aliphatic rings. The van der Waals surface area contributed by atoms with Gasteiger partial charge in [-0.2, -0.15) is 0 Å². The Balaban J connectivity index is 2.02. The molecular weight excluding hydrogens is 402 g/mol. The van der Waals surface area contributed by atoms with Crippen LogP contribution in [0.3, 0.4) is 0 Å². The van der Waals surface area contributed by atoms with E-state index in [9.17, 15) is 9.59 Å². The zero-order valence-electron chi connectivity index (χ0n) is 19.1. The zero-order valence-corrected chi connectivity index (χ0v) is 19.1. The van der Waals surface area contributed by atoms with Crippen LogP contribution in [-0.2, 0) is 20.7 Å². The van der Waals surface area contributed by atoms with E-state index in [4.69, 9.17) is 10.5 Å². The second kappa shape index (κ2) is 18.8. The number of rotatable bonds is 16. The van der Waals surface area contributed by atoms with Gasteiger partial charge in [0.25, 0.3) is 0 Å². The SMILES string of the molecule is CC/C=C\C/C=C\C/C=C\C/C=C\C/C=C\CCCC(=O)OC(=O)C(N)Cc1cnc[nH]1. The van der Waals surface area contributed by atoms with E-state index >= 15 is 0 Å². The molecule has 0 radical (unpaired) electrons. The fourth-order valence-electron chi connectivity index (χ4n) is 2.69. The molecule has 32 heavy (non-hydrogen) atoms. The summed E-state index contributed by atoms with van der Waals surface area (Å²) in [5.74, 6) is -1.25. The molecule has 174 valence electrons. The minimum Gasteiger partial charge on any atom is -0.392 e. The highest BCUT2D eigenvalue weighted by atomic mass is 16.6. The van der Waals surface area contributed by atoms with E-state index in [2.05, 4.69) is 71.6 Å². The number of nitrogens with two attached hydrogens (primary N) is 1. The summed E-state index contributed by atoms with van der Waals surface area (Å²) < 4.78 is 4.80. The first-order valence-electron chi connectivity index (χ1n) is 11.4. The van der Waals surface area contributed by atoms with Gasteiger partial charge in [-0.3, -0.25) is 4.79 Å². The van der Waals surface area contributed by atoms with Crippen molar-refractivity contribution in [3.05, 3.63) is 79.0 Å². The highest BCUT2D eigenvalue weighted by molar-refractivity contribution is 5.88. The Morgan fingerprint density at radius 1 is 0.969 bits per heavy atom. The third kappa shape index (κ3) is 14.9. The summed E-state index contributed by atoms with van der Waals surface area (Å²) in [4.78, 5) is 30.3. The van der Waals surface area contributed by atoms with Crippen LogP contribution in [-0.4, -0.2) is 27.9 Å². The van der Waals surface area contributed by atoms with Gasteiger partial charge in [0.15, 0.2) is 0 Å². The van der Waals surface area contributed by atoms with E-state index in [0.717, 1.165) is 44.2 Å². The summed E-state index contributed by atoms with van der Waals surface area (Å²) >= 11 is 0. The van der Waals surface area contributed by atoms with Gasteiger partial charge in [-0.1, -0.05) is 67.7 Å². The molecule has 3 N–H and O–H groups in total. The van der Waals surface area contributed by atoms with Gasteiger partial charge >= 0.3 is 11.9 Å². The van der Waals surface area contributed by atoms with Gasteiger partial charge in [0.1, 0.15) is 6.04 Å². The number of carbonyl (C=O) groups excluding carboxylic acids is 2. The molecule has 0 aromatic carbocycles. The van der Waals surface area contributed by atoms with Crippen LogP contribution in [0.2, 0.25) is 0 Å². The smallest absolute Gasteiger partial charge is 0.330 e. The Labute approximate surface area is 192 Å². The number of H-pyrrole nitrogens is 1. The maximum Gasteiger partial charge on any atom is 0.330 e. The quantitative estimate of drug-likeness (QED) is 0.158. The summed E-state index contributed by atoms with van der Waals surface area (Å²) in [5, 5.41) is 0. The van der Waals surface area contributed by atoms with Crippen LogP contribution in [0.5, 0.6) is 0 Å². The Bertz CT molecular complexity index is 774. The minimum atomic E-state index is -0.884. The molecule has 6 nitrogen and oxygen atoms in total. The van der Waals surface area contributed by atoms with Crippen molar-refractivity contribution in [3.63, 3.8) is 0 Å². The molecular formula is C26H37N3O3. The van der Waals surface area contributed by atoms with Crippen LogP contribution in [0.4, 0.5) is 0 Å². The highest BCUT2D eigenvalue weighted by Crippen LogP contribution is 2.03. The van der Waals surface area contributed by atoms with Gasteiger partial charge < -0.3 is 15.5 Å². The lowest BCUT2D eigenvalue weighted by atomic mass is 10.2. The molecule has 1 atom stereocenters. The second-order valence-corrected chi connectivity index (χ2v) is 7.28. The van der Waals surface area contributed by atoms with E-state index in [1.165, 1.54) is 6.33 Å². The van der Waals surface area contributed by atoms with Crippen LogP contribution >= 0.6 is 0 Å². The largest absolute Gasteiger partial charge is 0.392 e. The topological polar surface area (TPSA) is 98.1 Å². The molecule has 0 aliphatic carbocycles. The Morgan fingerprint density at radius 3 is 2.06 bits per heavy atom. The number of nitrogens with zero attached hydrogens (tertiary/aromatic N) is 1. The number of aromatic nitrogens is 2. The lowest BCUT2D eigenvalue weighted by Crippen LogP contribution is -2.35. The summed E-state index contributed by atoms with van der Waals surface area (Å²) in [6, 6.07) is -0.884. The van der Waals surface area contributed by atoms with Crippen molar-refractivity contribution in [1.29, 1.82) is 0 Å². The van der Waals surface area contributed by atoms with E-state index in [-0.39, 0.29) is 12.8 Å². The van der Waals surface area contributed by atoms with E-state index in [1.54, 1.807) is 6.20 Å². The van der Waals surface area contributed by atoms with Crippen molar-refractivity contribution < 1.29 is 14.3 Å². The molecule has 0 spiro atoms. The van der Waals surface area contributed by atoms with Crippen molar-refractivity contribution >= 4 is 11.9 Å². The van der Waals surface area contributed by atoms with Crippen molar-refractivity contribution in [2.75, 3.05) is 0 Å². The number of nitrogens with one attached hydrogen (secondary N) is 1. The monoisotopic (exact) mass is 439 g/mol. The van der Waals surface area contributed by atoms with Crippen molar-refractivity contribution in [3.8, 4) is 0 Å². The van der Waals surface area contributed by atoms with E-state index in [1.807, 2.05) is 6.08 Å². The van der Waals surface area contributed by atoms with E-state index < -0.39 is 18.0 Å². The van der Waals surface area contributed by atoms with Crippen LogP contribution in [0.25, 0.3) is 0 Å². The molecule has 0 fully saturated rings. The second-order valence-electron chi connectivity index (χ2n) is 7.28. The van der Waals surface area contributed by atoms with Gasteiger partial charge in [0.05, 0.1) is 6.33 Å². The normalized spacial score (nSPS) is 13.3. The molecule has 6 heteroatoms. The van der Waals surface area contributed by atoms with Crippen molar-refractivity contribution in [1.82, 2.24) is 9.97 Å². The first kappa shape index (κ1) is 27.0. The zero-order chi connectivity index (χ0) is 23.3. The highest BCUT2D eigenvalue weighted by Gasteiger charge is 2.19. The minimum absolute atomic E-state index is 0.191. The maximum atomic E-state index is 11.8. The summed E-state index contributed by atoms with van der Waals surface area (Å²) in [5.41, 5.74) is 6.47. The molecule has 1 aromatic rings. The van der Waals surface area contributed by atoms with Gasteiger partial charge in [-0.25, -0.2) is 9.78 Å². The number of esters is 2. The number of carbonyl (C=O) groups is 2. The first-order chi connectivity index (χ1) is 15.6. The van der Waals surface area contributed by atoms with Gasteiger partial charge in [-0.15, -0.1) is 0 Å². The van der Waals surface area contributed by atoms with Gasteiger partial charge in [-0.05, 0) is 44.9 Å². The predicted octanol–water partition coefficient (Wildman–Crippen LogP) is 5.27. The number of imidazole rings is 1. The summed E-state index contributed by atoms with van der Waals surface area (Å²) in [6.45, 7) is 2.14. The van der Waals surface area contributed by atoms with Crippen LogP contribution in [0.15, 0.2) is 73.3 Å². The van der Waals surface area contributed by atoms with Crippen LogP contribution in [0, 0.1) is 0 Å². The summed E-state index contributed by atoms with van der Waals surface area (Å²) in [6.07, 6.45) is 31.3. The molecule has 1 unspecified atom stereocenters. The number of hydrogen-bond donors (Lipinski definition) is 2. The molecule has 0 bridgehead atoms. The van der Waals surface area contributed by atoms with Gasteiger partial charge in [0.2, 0.25) is 0 Å². The first-order valence-corrected chi connectivity index (χ1v) is 11.4. The molecule has 0 amide bonds. The molecule has 0 aliphatic heterocycles. The van der Waals surface area contributed by atoms with E-state index in [0.29, 0.717) is 6.42 Å². The van der Waals surface area contributed by atoms with Crippen LogP contribution in [0.1, 0.15) is 64.0 Å². The number of allylic oxidation sites excluding steroid dienone is 10. The maximum absolute atomic E-state index is 11.8. The summed E-state index contributed by atoms with van der Waals surface area (Å²) in [7, 11) is 0. The molecule has 1 rings (SSSR count). The number of aromatic amines is 1. The van der Waals surface area contributed by atoms with Gasteiger partial charge in [0, 0.05) is 24.7 Å². The third-order valence-corrected chi connectivity index (χ3v) is 4.42. The van der Waals surface area contributed by atoms with Crippen molar-refractivity contribution in [2.45, 2.75) is 70.8 Å². The molecule has 1 aromatic heterocycles. The predicted molar refractivity (Wildman–Crippen MR) is 130 cm³/mol. The fourth-order valence-corrected chi connectivity index (χ4v) is 2.69. The molecule has 1 heterocycles. The Kier molecular flexibility index (Phi) is 15.8. The molecule has 0 saturated carbocycles.